The average Bonchev–Trinajstić information content (AvgIpc) is 2.91. The fourth-order valence-corrected chi connectivity index (χ4v) is 5.40. The molecular formula is C30H35F2N7O. The van der Waals surface area contributed by atoms with E-state index in [1.807, 2.05) is 45.3 Å². The molecule has 8 nitrogen and oxygen atoms in total. The van der Waals surface area contributed by atoms with E-state index < -0.39 is 5.92 Å². The number of fused-ring (bicyclic) bond motifs is 1. The number of anilines is 3. The van der Waals surface area contributed by atoms with Gasteiger partial charge in [0.1, 0.15) is 17.3 Å². The van der Waals surface area contributed by atoms with Crippen molar-refractivity contribution in [3.05, 3.63) is 81.4 Å². The molecule has 40 heavy (non-hydrogen) atoms. The number of halogens is 2. The lowest BCUT2D eigenvalue weighted by Gasteiger charge is -2.37. The molecule has 1 aliphatic heterocycles. The van der Waals surface area contributed by atoms with E-state index in [-0.39, 0.29) is 23.0 Å². The maximum Gasteiger partial charge on any atom is 0.289 e. The van der Waals surface area contributed by atoms with Crippen LogP contribution in [0.5, 0.6) is 0 Å². The highest BCUT2D eigenvalue weighted by molar-refractivity contribution is 5.89. The molecule has 4 aromatic rings. The summed E-state index contributed by atoms with van der Waals surface area (Å²) < 4.78 is 30.5. The summed E-state index contributed by atoms with van der Waals surface area (Å²) in [5.74, 6) is -1.53. The number of alkyl halides is 2. The first-order chi connectivity index (χ1) is 18.9. The van der Waals surface area contributed by atoms with Gasteiger partial charge in [0.2, 0.25) is 0 Å². The van der Waals surface area contributed by atoms with Crippen molar-refractivity contribution in [3.8, 4) is 0 Å². The molecule has 1 N–H and O–H groups in total. The highest BCUT2D eigenvalue weighted by Gasteiger charge is 2.31. The minimum absolute atomic E-state index is 0.0863. The fourth-order valence-electron chi connectivity index (χ4n) is 5.40. The Labute approximate surface area is 232 Å². The number of nitrogens with one attached hydrogen (secondary N) is 1. The topological polar surface area (TPSA) is 79.2 Å². The predicted molar refractivity (Wildman–Crippen MR) is 156 cm³/mol. The number of hydrogen-bond acceptors (Lipinski definition) is 7. The van der Waals surface area contributed by atoms with Gasteiger partial charge in [-0.15, -0.1) is 0 Å². The third-order valence-electron chi connectivity index (χ3n) is 7.53. The monoisotopic (exact) mass is 547 g/mol. The molecule has 1 aromatic carbocycles. The van der Waals surface area contributed by atoms with Crippen LogP contribution in [0.2, 0.25) is 0 Å². The second kappa shape index (κ2) is 10.5. The van der Waals surface area contributed by atoms with Gasteiger partial charge in [0.25, 0.3) is 11.5 Å². The van der Waals surface area contributed by atoms with E-state index in [4.69, 9.17) is 0 Å². The normalized spacial score (nSPS) is 15.0. The van der Waals surface area contributed by atoms with E-state index in [1.54, 1.807) is 30.7 Å². The Morgan fingerprint density at radius 1 is 0.950 bits per heavy atom. The Bertz CT molecular complexity index is 1600. The molecule has 5 rings (SSSR count). The number of nitrogens with zero attached hydrogens (tertiary/aromatic N) is 6. The van der Waals surface area contributed by atoms with Crippen molar-refractivity contribution < 1.29 is 8.78 Å². The Hall–Kier alpha value is -4.08. The van der Waals surface area contributed by atoms with Gasteiger partial charge >= 0.3 is 0 Å². The molecule has 3 aromatic heterocycles. The van der Waals surface area contributed by atoms with Crippen LogP contribution in [0.15, 0.2) is 47.5 Å². The molecule has 4 heterocycles. The van der Waals surface area contributed by atoms with E-state index in [1.165, 1.54) is 0 Å². The van der Waals surface area contributed by atoms with Gasteiger partial charge in [-0.05, 0) is 68.5 Å². The summed E-state index contributed by atoms with van der Waals surface area (Å²) in [4.78, 5) is 30.8. The van der Waals surface area contributed by atoms with Crippen molar-refractivity contribution in [3.63, 3.8) is 0 Å². The molecule has 10 heteroatoms. The smallest absolute Gasteiger partial charge is 0.289 e. The zero-order valence-corrected chi connectivity index (χ0v) is 23.8. The predicted octanol–water partition coefficient (Wildman–Crippen LogP) is 5.26. The summed E-state index contributed by atoms with van der Waals surface area (Å²) in [5.41, 5.74) is 3.22. The number of benzene rings is 1. The lowest BCUT2D eigenvalue weighted by Crippen LogP contribution is -2.48. The van der Waals surface area contributed by atoms with Crippen LogP contribution < -0.4 is 20.7 Å². The van der Waals surface area contributed by atoms with Crippen molar-refractivity contribution in [2.75, 3.05) is 41.3 Å². The number of aromatic nitrogens is 4. The Kier molecular flexibility index (Phi) is 7.20. The lowest BCUT2D eigenvalue weighted by atomic mass is 9.97. The summed E-state index contributed by atoms with van der Waals surface area (Å²) in [5, 5.41) is 4.67. The van der Waals surface area contributed by atoms with E-state index >= 15 is 0 Å². The van der Waals surface area contributed by atoms with Crippen LogP contribution in [-0.4, -0.2) is 45.7 Å². The van der Waals surface area contributed by atoms with E-state index in [0.717, 1.165) is 66.9 Å². The first kappa shape index (κ1) is 27.5. The molecule has 1 saturated heterocycles. The van der Waals surface area contributed by atoms with Crippen LogP contribution in [0.4, 0.5) is 26.0 Å². The number of pyridine rings is 2. The minimum atomic E-state index is -3.10. The molecule has 0 spiro atoms. The van der Waals surface area contributed by atoms with Crippen molar-refractivity contribution in [1.29, 1.82) is 0 Å². The number of aryl methyl sites for hydroxylation is 3. The maximum absolute atomic E-state index is 14.4. The van der Waals surface area contributed by atoms with Crippen molar-refractivity contribution in [1.82, 2.24) is 19.5 Å². The van der Waals surface area contributed by atoms with Crippen molar-refractivity contribution in [2.24, 2.45) is 7.05 Å². The molecule has 0 radical (unpaired) electrons. The molecule has 0 bridgehead atoms. The zero-order chi connectivity index (χ0) is 28.8. The van der Waals surface area contributed by atoms with Crippen LogP contribution in [0.3, 0.4) is 0 Å². The van der Waals surface area contributed by atoms with Gasteiger partial charge in [0, 0.05) is 57.3 Å². The van der Waals surface area contributed by atoms with E-state index in [2.05, 4.69) is 36.1 Å². The molecule has 1 aliphatic rings. The lowest BCUT2D eigenvalue weighted by molar-refractivity contribution is 0.0134. The van der Waals surface area contributed by atoms with Gasteiger partial charge in [-0.25, -0.2) is 15.0 Å². The Morgan fingerprint density at radius 2 is 1.60 bits per heavy atom. The fraction of sp³-hybridized carbons (Fsp3) is 0.400. The molecular weight excluding hydrogens is 512 g/mol. The molecule has 210 valence electrons. The Morgan fingerprint density at radius 3 is 2.25 bits per heavy atom. The third-order valence-corrected chi connectivity index (χ3v) is 7.53. The second-order valence-electron chi connectivity index (χ2n) is 10.7. The van der Waals surface area contributed by atoms with Crippen LogP contribution in [-0.2, 0) is 13.0 Å². The SMILES string of the molecule is Cc1cc([C@@H](C)Nc2ccc(C)nc2C(C)(F)F)c2cc(N3CCN(c4cnc(C)nc4)CC3)n(C)c(=O)c2c1. The average molecular weight is 548 g/mol. The van der Waals surface area contributed by atoms with Crippen LogP contribution in [0, 0.1) is 20.8 Å². The van der Waals surface area contributed by atoms with Crippen LogP contribution in [0.1, 0.15) is 48.2 Å². The van der Waals surface area contributed by atoms with Crippen molar-refractivity contribution >= 4 is 28.0 Å². The van der Waals surface area contributed by atoms with Gasteiger partial charge in [-0.1, -0.05) is 6.07 Å². The number of rotatable bonds is 6. The largest absolute Gasteiger partial charge is 0.377 e. The van der Waals surface area contributed by atoms with Gasteiger partial charge in [-0.2, -0.15) is 8.78 Å². The third kappa shape index (κ3) is 5.35. The quantitative estimate of drug-likeness (QED) is 0.353. The minimum Gasteiger partial charge on any atom is -0.377 e. The highest BCUT2D eigenvalue weighted by atomic mass is 19.3. The Balaban J connectivity index is 1.49. The number of piperazine rings is 1. The van der Waals surface area contributed by atoms with Gasteiger partial charge in [0.15, 0.2) is 0 Å². The van der Waals surface area contributed by atoms with Gasteiger partial charge < -0.3 is 15.1 Å². The first-order valence-electron chi connectivity index (χ1n) is 13.5. The zero-order valence-electron chi connectivity index (χ0n) is 23.8. The molecule has 1 fully saturated rings. The van der Waals surface area contributed by atoms with E-state index in [0.29, 0.717) is 11.1 Å². The summed E-state index contributed by atoms with van der Waals surface area (Å²) in [6.07, 6.45) is 3.69. The second-order valence-corrected chi connectivity index (χ2v) is 10.7. The van der Waals surface area contributed by atoms with E-state index in [9.17, 15) is 13.6 Å². The molecule has 0 aliphatic carbocycles. The first-order valence-corrected chi connectivity index (χ1v) is 13.5. The standard InChI is InChI=1S/C30H35F2N7O/c1-18-13-23(20(3)36-26-8-7-19(2)35-28(26)30(5,31)32)24-15-27(37(6)29(40)25(24)14-18)39-11-9-38(10-12-39)22-16-33-21(4)34-17-22/h7-8,13-17,20,36H,9-12H2,1-6H3/t20-/m1/s1. The van der Waals surface area contributed by atoms with Crippen molar-refractivity contribution in [2.45, 2.75) is 46.6 Å². The van der Waals surface area contributed by atoms with Crippen LogP contribution in [0.25, 0.3) is 10.8 Å². The molecule has 0 unspecified atom stereocenters. The molecule has 0 saturated carbocycles. The van der Waals surface area contributed by atoms with Gasteiger partial charge in [0.05, 0.1) is 23.8 Å². The molecule has 0 amide bonds. The summed E-state index contributed by atoms with van der Waals surface area (Å²) in [6, 6.07) is 8.97. The highest BCUT2D eigenvalue weighted by Crippen LogP contribution is 2.35. The van der Waals surface area contributed by atoms with Crippen LogP contribution >= 0.6 is 0 Å². The summed E-state index contributed by atoms with van der Waals surface area (Å²) >= 11 is 0. The maximum atomic E-state index is 14.4. The number of hydrogen-bond donors (Lipinski definition) is 1. The van der Waals surface area contributed by atoms with Gasteiger partial charge in [-0.3, -0.25) is 9.36 Å². The molecule has 1 atom stereocenters. The summed E-state index contributed by atoms with van der Waals surface area (Å²) in [6.45, 7) is 11.3. The summed E-state index contributed by atoms with van der Waals surface area (Å²) in [7, 11) is 1.80.